The van der Waals surface area contributed by atoms with Crippen LogP contribution in [-0.2, 0) is 9.53 Å². The number of nitro groups is 1. The van der Waals surface area contributed by atoms with Crippen molar-refractivity contribution in [1.29, 1.82) is 0 Å². The lowest BCUT2D eigenvalue weighted by atomic mass is 10.2. The number of carbonyl (C=O) groups excluding carboxylic acids is 1. The quantitative estimate of drug-likeness (QED) is 0.356. The van der Waals surface area contributed by atoms with Crippen LogP contribution in [0.4, 0.5) is 17.1 Å². The molecule has 0 spiro atoms. The van der Waals surface area contributed by atoms with Crippen molar-refractivity contribution in [3.63, 3.8) is 0 Å². The average Bonchev–Trinajstić information content (AvgIpc) is 2.28. The summed E-state index contributed by atoms with van der Waals surface area (Å²) in [7, 11) is 0. The molecule has 0 heterocycles. The van der Waals surface area contributed by atoms with E-state index in [1.54, 1.807) is 13.8 Å². The number of nitrogen functional groups attached to an aromatic ring is 1. The predicted octanol–water partition coefficient (Wildman–Crippen LogP) is 1.54. The third kappa shape index (κ3) is 3.62. The van der Waals surface area contributed by atoms with Crippen LogP contribution in [0.25, 0.3) is 0 Å². The van der Waals surface area contributed by atoms with Gasteiger partial charge in [-0.25, -0.2) is 4.79 Å². The third-order valence-electron chi connectivity index (χ3n) is 2.17. The second kappa shape index (κ2) is 5.85. The largest absolute Gasteiger partial charge is 0.464 e. The molecule has 1 atom stereocenters. The van der Waals surface area contributed by atoms with E-state index >= 15 is 0 Å². The second-order valence-corrected chi connectivity index (χ2v) is 3.69. The van der Waals surface area contributed by atoms with Crippen LogP contribution in [-0.4, -0.2) is 23.5 Å². The summed E-state index contributed by atoms with van der Waals surface area (Å²) in [6.45, 7) is 3.59. The Kier molecular flexibility index (Phi) is 4.47. The number of benzene rings is 1. The van der Waals surface area contributed by atoms with Crippen LogP contribution in [0, 0.1) is 10.1 Å². The maximum atomic E-state index is 11.4. The van der Waals surface area contributed by atoms with Crippen LogP contribution < -0.4 is 11.1 Å². The van der Waals surface area contributed by atoms with Crippen molar-refractivity contribution < 1.29 is 14.5 Å². The van der Waals surface area contributed by atoms with Crippen molar-refractivity contribution in [2.45, 2.75) is 19.9 Å². The fourth-order valence-corrected chi connectivity index (χ4v) is 1.40. The first-order chi connectivity index (χ1) is 8.43. The summed E-state index contributed by atoms with van der Waals surface area (Å²) in [4.78, 5) is 21.5. The number of nitro benzene ring substituents is 1. The molecular weight excluding hydrogens is 238 g/mol. The minimum absolute atomic E-state index is 0.131. The number of nitrogens with zero attached hydrogens (tertiary/aromatic N) is 1. The van der Waals surface area contributed by atoms with Crippen LogP contribution in [0.3, 0.4) is 0 Å². The van der Waals surface area contributed by atoms with E-state index in [9.17, 15) is 14.9 Å². The van der Waals surface area contributed by atoms with E-state index in [4.69, 9.17) is 10.5 Å². The molecule has 0 bridgehead atoms. The summed E-state index contributed by atoms with van der Waals surface area (Å²) < 4.78 is 4.82. The molecule has 3 N–H and O–H groups in total. The van der Waals surface area contributed by atoms with E-state index in [0.717, 1.165) is 0 Å². The van der Waals surface area contributed by atoms with Crippen LogP contribution in [0.1, 0.15) is 13.8 Å². The van der Waals surface area contributed by atoms with E-state index in [1.807, 2.05) is 0 Å². The zero-order chi connectivity index (χ0) is 13.7. The minimum Gasteiger partial charge on any atom is -0.464 e. The molecule has 98 valence electrons. The van der Waals surface area contributed by atoms with Crippen LogP contribution in [0.5, 0.6) is 0 Å². The summed E-state index contributed by atoms with van der Waals surface area (Å²) in [6, 6.07) is 3.47. The summed E-state index contributed by atoms with van der Waals surface area (Å²) in [5, 5.41) is 13.5. The first-order valence-electron chi connectivity index (χ1n) is 5.42. The van der Waals surface area contributed by atoms with Gasteiger partial charge < -0.3 is 15.8 Å². The highest BCUT2D eigenvalue weighted by Crippen LogP contribution is 2.22. The SMILES string of the molecule is CCOC(=O)C(C)Nc1cc(N)cc([N+](=O)[O-])c1. The highest BCUT2D eigenvalue weighted by atomic mass is 16.6. The molecule has 0 fully saturated rings. The molecule has 0 aliphatic heterocycles. The number of esters is 1. The molecule has 0 saturated heterocycles. The highest BCUT2D eigenvalue weighted by molar-refractivity contribution is 5.79. The predicted molar refractivity (Wildman–Crippen MR) is 67.2 cm³/mol. The average molecular weight is 253 g/mol. The van der Waals surface area contributed by atoms with Gasteiger partial charge in [0, 0.05) is 23.5 Å². The Hall–Kier alpha value is -2.31. The van der Waals surface area contributed by atoms with Gasteiger partial charge in [-0.15, -0.1) is 0 Å². The van der Waals surface area contributed by atoms with Crippen molar-refractivity contribution in [2.24, 2.45) is 0 Å². The first kappa shape index (κ1) is 13.8. The Morgan fingerprint density at radius 3 is 2.78 bits per heavy atom. The monoisotopic (exact) mass is 253 g/mol. The van der Waals surface area contributed by atoms with Crippen molar-refractivity contribution in [3.05, 3.63) is 28.3 Å². The minimum atomic E-state index is -0.605. The van der Waals surface area contributed by atoms with E-state index in [2.05, 4.69) is 5.32 Å². The van der Waals surface area contributed by atoms with Gasteiger partial charge in [0.15, 0.2) is 0 Å². The molecule has 1 aromatic carbocycles. The van der Waals surface area contributed by atoms with Crippen molar-refractivity contribution >= 4 is 23.0 Å². The Morgan fingerprint density at radius 2 is 2.22 bits per heavy atom. The topological polar surface area (TPSA) is 107 Å². The van der Waals surface area contributed by atoms with Crippen LogP contribution >= 0.6 is 0 Å². The van der Waals surface area contributed by atoms with E-state index in [-0.39, 0.29) is 18.0 Å². The van der Waals surface area contributed by atoms with Gasteiger partial charge in [-0.2, -0.15) is 0 Å². The molecule has 7 heteroatoms. The second-order valence-electron chi connectivity index (χ2n) is 3.69. The summed E-state index contributed by atoms with van der Waals surface area (Å²) in [5.74, 6) is -0.428. The first-order valence-corrected chi connectivity index (χ1v) is 5.42. The van der Waals surface area contributed by atoms with Gasteiger partial charge in [-0.3, -0.25) is 10.1 Å². The Morgan fingerprint density at radius 1 is 1.56 bits per heavy atom. The number of ether oxygens (including phenoxy) is 1. The number of nitrogens with one attached hydrogen (secondary N) is 1. The van der Waals surface area contributed by atoms with Gasteiger partial charge in [0.2, 0.25) is 0 Å². The van der Waals surface area contributed by atoms with Crippen LogP contribution in [0.15, 0.2) is 18.2 Å². The van der Waals surface area contributed by atoms with Gasteiger partial charge in [-0.1, -0.05) is 0 Å². The van der Waals surface area contributed by atoms with E-state index < -0.39 is 16.9 Å². The number of anilines is 2. The molecule has 0 aliphatic rings. The van der Waals surface area contributed by atoms with Gasteiger partial charge in [0.25, 0.3) is 5.69 Å². The lowest BCUT2D eigenvalue weighted by Gasteiger charge is -2.14. The summed E-state index contributed by atoms with van der Waals surface area (Å²) in [5.41, 5.74) is 6.07. The molecule has 1 aromatic rings. The van der Waals surface area contributed by atoms with Gasteiger partial charge in [-0.05, 0) is 19.9 Å². The van der Waals surface area contributed by atoms with Gasteiger partial charge >= 0.3 is 5.97 Å². The third-order valence-corrected chi connectivity index (χ3v) is 2.17. The molecule has 0 radical (unpaired) electrons. The van der Waals surface area contributed by atoms with Gasteiger partial charge in [0.05, 0.1) is 11.5 Å². The number of nitrogens with two attached hydrogens (primary N) is 1. The highest BCUT2D eigenvalue weighted by Gasteiger charge is 2.15. The maximum Gasteiger partial charge on any atom is 0.328 e. The van der Waals surface area contributed by atoms with Crippen molar-refractivity contribution in [3.8, 4) is 0 Å². The Labute approximate surface area is 104 Å². The van der Waals surface area contributed by atoms with E-state index in [1.165, 1.54) is 18.2 Å². The standard InChI is InChI=1S/C11H15N3O4/c1-3-18-11(15)7(2)13-9-4-8(12)5-10(6-9)14(16)17/h4-7,13H,3,12H2,1-2H3. The smallest absolute Gasteiger partial charge is 0.328 e. The lowest BCUT2D eigenvalue weighted by molar-refractivity contribution is -0.384. The summed E-state index contributed by atoms with van der Waals surface area (Å²) in [6.07, 6.45) is 0. The lowest BCUT2D eigenvalue weighted by Crippen LogP contribution is -2.28. The molecule has 0 amide bonds. The number of non-ortho nitro benzene ring substituents is 1. The Balaban J connectivity index is 2.84. The van der Waals surface area contributed by atoms with Crippen LogP contribution in [0.2, 0.25) is 0 Å². The normalized spacial score (nSPS) is 11.7. The summed E-state index contributed by atoms with van der Waals surface area (Å²) >= 11 is 0. The van der Waals surface area contributed by atoms with Gasteiger partial charge in [0.1, 0.15) is 6.04 Å². The van der Waals surface area contributed by atoms with E-state index in [0.29, 0.717) is 5.69 Å². The maximum absolute atomic E-state index is 11.4. The zero-order valence-corrected chi connectivity index (χ0v) is 10.2. The molecule has 18 heavy (non-hydrogen) atoms. The molecule has 7 nitrogen and oxygen atoms in total. The Bertz CT molecular complexity index is 462. The number of hydrogen-bond acceptors (Lipinski definition) is 6. The fourth-order valence-electron chi connectivity index (χ4n) is 1.40. The fraction of sp³-hybridized carbons (Fsp3) is 0.364. The molecule has 0 aromatic heterocycles. The number of carbonyl (C=O) groups is 1. The molecule has 0 aliphatic carbocycles. The number of rotatable bonds is 5. The molecule has 1 rings (SSSR count). The van der Waals surface area contributed by atoms with Crippen molar-refractivity contribution in [1.82, 2.24) is 0 Å². The molecular formula is C11H15N3O4. The molecule has 1 unspecified atom stereocenters. The number of hydrogen-bond donors (Lipinski definition) is 2. The zero-order valence-electron chi connectivity index (χ0n) is 10.2. The van der Waals surface area contributed by atoms with Crippen molar-refractivity contribution in [2.75, 3.05) is 17.7 Å². The molecule has 0 saturated carbocycles.